The van der Waals surface area contributed by atoms with E-state index in [0.717, 1.165) is 0 Å². The number of morpholine rings is 1. The highest BCUT2D eigenvalue weighted by molar-refractivity contribution is 7.89. The largest absolute Gasteiger partial charge is 0.451 e. The number of carbonyl (C=O) groups is 3. The summed E-state index contributed by atoms with van der Waals surface area (Å²) in [6, 6.07) is 10.5. The molecule has 1 unspecified atom stereocenters. The number of hydrogen-bond donors (Lipinski definition) is 1. The lowest BCUT2D eigenvalue weighted by Crippen LogP contribution is -2.40. The standard InChI is InChI=1S/C23H26N2O7S/c1-15-4-9-20(33(29,30)25-10-12-31-13-11-25)14-21(15)23(28)32-16(2)22(27)18-5-7-19(8-6-18)24-17(3)26/h4-9,14,16H,10-13H2,1-3H3,(H,24,26). The van der Waals surface area contributed by atoms with Crippen molar-refractivity contribution >= 4 is 33.4 Å². The quantitative estimate of drug-likeness (QED) is 0.483. The molecule has 9 nitrogen and oxygen atoms in total. The lowest BCUT2D eigenvalue weighted by molar-refractivity contribution is -0.114. The highest BCUT2D eigenvalue weighted by Crippen LogP contribution is 2.22. The number of amides is 1. The second-order valence-electron chi connectivity index (χ2n) is 7.66. The van der Waals surface area contributed by atoms with Gasteiger partial charge in [-0.3, -0.25) is 9.59 Å². The lowest BCUT2D eigenvalue weighted by Gasteiger charge is -2.26. The van der Waals surface area contributed by atoms with Gasteiger partial charge in [0.05, 0.1) is 23.7 Å². The first-order valence-corrected chi connectivity index (χ1v) is 11.8. The minimum Gasteiger partial charge on any atom is -0.451 e. The van der Waals surface area contributed by atoms with E-state index in [-0.39, 0.29) is 29.5 Å². The van der Waals surface area contributed by atoms with Crippen LogP contribution in [0.2, 0.25) is 0 Å². The summed E-state index contributed by atoms with van der Waals surface area (Å²) in [4.78, 5) is 36.6. The number of nitrogens with zero attached hydrogens (tertiary/aromatic N) is 1. The first-order valence-electron chi connectivity index (χ1n) is 10.4. The maximum Gasteiger partial charge on any atom is 0.339 e. The highest BCUT2D eigenvalue weighted by Gasteiger charge is 2.28. The summed E-state index contributed by atoms with van der Waals surface area (Å²) < 4.78 is 37.7. The van der Waals surface area contributed by atoms with E-state index in [2.05, 4.69) is 5.32 Å². The van der Waals surface area contributed by atoms with Crippen molar-refractivity contribution in [1.82, 2.24) is 4.31 Å². The van der Waals surface area contributed by atoms with Crippen LogP contribution in [0.15, 0.2) is 47.4 Å². The third-order valence-electron chi connectivity index (χ3n) is 5.18. The summed E-state index contributed by atoms with van der Waals surface area (Å²) in [6.45, 7) is 5.59. The summed E-state index contributed by atoms with van der Waals surface area (Å²) >= 11 is 0. The molecule has 0 aliphatic carbocycles. The van der Waals surface area contributed by atoms with Crippen molar-refractivity contribution in [2.75, 3.05) is 31.6 Å². The molecule has 0 radical (unpaired) electrons. The molecule has 1 amide bonds. The van der Waals surface area contributed by atoms with Crippen molar-refractivity contribution in [3.8, 4) is 0 Å². The zero-order valence-electron chi connectivity index (χ0n) is 18.7. The zero-order chi connectivity index (χ0) is 24.2. The summed E-state index contributed by atoms with van der Waals surface area (Å²) in [6.07, 6.45) is -1.09. The van der Waals surface area contributed by atoms with Gasteiger partial charge in [-0.1, -0.05) is 6.07 Å². The van der Waals surface area contributed by atoms with Crippen LogP contribution >= 0.6 is 0 Å². The molecule has 0 aromatic heterocycles. The number of anilines is 1. The molecule has 10 heteroatoms. The van der Waals surface area contributed by atoms with Gasteiger partial charge in [0.1, 0.15) is 0 Å². The smallest absolute Gasteiger partial charge is 0.339 e. The van der Waals surface area contributed by atoms with Gasteiger partial charge in [0.25, 0.3) is 0 Å². The van der Waals surface area contributed by atoms with Gasteiger partial charge in [-0.05, 0) is 55.8 Å². The van der Waals surface area contributed by atoms with E-state index in [4.69, 9.17) is 9.47 Å². The van der Waals surface area contributed by atoms with Crippen molar-refractivity contribution < 1.29 is 32.3 Å². The van der Waals surface area contributed by atoms with Gasteiger partial charge in [-0.2, -0.15) is 4.31 Å². The third kappa shape index (κ3) is 5.84. The zero-order valence-corrected chi connectivity index (χ0v) is 19.5. The molecule has 2 aromatic rings. The molecule has 1 heterocycles. The number of ether oxygens (including phenoxy) is 2. The van der Waals surface area contributed by atoms with Gasteiger partial charge < -0.3 is 14.8 Å². The Labute approximate surface area is 192 Å². The average Bonchev–Trinajstić information content (AvgIpc) is 2.79. The van der Waals surface area contributed by atoms with Gasteiger partial charge in [-0.15, -0.1) is 0 Å². The minimum atomic E-state index is -3.79. The van der Waals surface area contributed by atoms with Crippen molar-refractivity contribution in [3.63, 3.8) is 0 Å². The minimum absolute atomic E-state index is 0.0190. The molecule has 1 atom stereocenters. The molecular weight excluding hydrogens is 448 g/mol. The molecule has 0 saturated carbocycles. The topological polar surface area (TPSA) is 119 Å². The molecule has 176 valence electrons. The SMILES string of the molecule is CC(=O)Nc1ccc(C(=O)C(C)OC(=O)c2cc(S(=O)(=O)N3CCOCC3)ccc2C)cc1. The first kappa shape index (κ1) is 24.6. The van der Waals surface area contributed by atoms with Crippen LogP contribution in [-0.4, -0.2) is 62.8 Å². The van der Waals surface area contributed by atoms with Crippen LogP contribution in [0.25, 0.3) is 0 Å². The van der Waals surface area contributed by atoms with Gasteiger partial charge in [0.2, 0.25) is 21.7 Å². The number of aryl methyl sites for hydroxylation is 1. The molecule has 0 spiro atoms. The van der Waals surface area contributed by atoms with Gasteiger partial charge in [0.15, 0.2) is 6.10 Å². The Kier molecular flexibility index (Phi) is 7.62. The highest BCUT2D eigenvalue weighted by atomic mass is 32.2. The molecule has 2 aromatic carbocycles. The number of ketones is 1. The molecule has 1 aliphatic rings. The summed E-state index contributed by atoms with van der Waals surface area (Å²) in [5, 5.41) is 2.61. The summed E-state index contributed by atoms with van der Waals surface area (Å²) in [7, 11) is -3.79. The van der Waals surface area contributed by atoms with Crippen molar-refractivity contribution in [2.24, 2.45) is 0 Å². The Balaban J connectivity index is 1.74. The monoisotopic (exact) mass is 474 g/mol. The molecule has 33 heavy (non-hydrogen) atoms. The van der Waals surface area contributed by atoms with Gasteiger partial charge in [-0.25, -0.2) is 13.2 Å². The van der Waals surface area contributed by atoms with Crippen LogP contribution in [0.1, 0.15) is 40.1 Å². The number of sulfonamides is 1. The number of hydrogen-bond acceptors (Lipinski definition) is 7. The lowest BCUT2D eigenvalue weighted by atomic mass is 10.1. The number of esters is 1. The number of benzene rings is 2. The Morgan fingerprint density at radius 2 is 1.70 bits per heavy atom. The maximum absolute atomic E-state index is 12.9. The molecule has 1 saturated heterocycles. The number of carbonyl (C=O) groups excluding carboxylic acids is 3. The van der Waals surface area contributed by atoms with E-state index < -0.39 is 27.9 Å². The maximum atomic E-state index is 12.9. The van der Waals surface area contributed by atoms with E-state index >= 15 is 0 Å². The van der Waals surface area contributed by atoms with Gasteiger partial charge in [0, 0.05) is 31.3 Å². The average molecular weight is 475 g/mol. The summed E-state index contributed by atoms with van der Waals surface area (Å²) in [5.74, 6) is -1.45. The normalized spacial score (nSPS) is 15.5. The van der Waals surface area contributed by atoms with Crippen molar-refractivity contribution in [3.05, 3.63) is 59.2 Å². The Bertz CT molecular complexity index is 1150. The van der Waals surface area contributed by atoms with Crippen molar-refractivity contribution in [2.45, 2.75) is 31.8 Å². The van der Waals surface area contributed by atoms with Crippen LogP contribution in [0, 0.1) is 6.92 Å². The van der Waals surface area contributed by atoms with E-state index in [1.807, 2.05) is 0 Å². The molecule has 0 bridgehead atoms. The van der Waals surface area contributed by atoms with E-state index in [1.54, 1.807) is 19.1 Å². The van der Waals surface area contributed by atoms with Crippen LogP contribution < -0.4 is 5.32 Å². The third-order valence-corrected chi connectivity index (χ3v) is 7.07. The fraction of sp³-hybridized carbons (Fsp3) is 0.348. The Morgan fingerprint density at radius 3 is 2.30 bits per heavy atom. The molecule has 1 fully saturated rings. The number of nitrogens with one attached hydrogen (secondary N) is 1. The number of rotatable bonds is 7. The molecule has 1 aliphatic heterocycles. The molecular formula is C23H26N2O7S. The second kappa shape index (κ2) is 10.2. The van der Waals surface area contributed by atoms with E-state index in [9.17, 15) is 22.8 Å². The van der Waals surface area contributed by atoms with Crippen LogP contribution in [-0.2, 0) is 24.3 Å². The fourth-order valence-electron chi connectivity index (χ4n) is 3.35. The van der Waals surface area contributed by atoms with Gasteiger partial charge >= 0.3 is 5.97 Å². The predicted octanol–water partition coefficient (Wildman–Crippen LogP) is 2.40. The number of Topliss-reactive ketones (excluding diaryl/α,β-unsaturated/α-hetero) is 1. The summed E-state index contributed by atoms with van der Waals surface area (Å²) in [5.41, 5.74) is 1.45. The first-order chi connectivity index (χ1) is 15.6. The van der Waals surface area contributed by atoms with E-state index in [1.165, 1.54) is 48.5 Å². The Hall–Kier alpha value is -3.08. The van der Waals surface area contributed by atoms with E-state index in [0.29, 0.717) is 30.0 Å². The second-order valence-corrected chi connectivity index (χ2v) is 9.60. The fourth-order valence-corrected chi connectivity index (χ4v) is 4.79. The predicted molar refractivity (Wildman–Crippen MR) is 121 cm³/mol. The molecule has 1 N–H and O–H groups in total. The van der Waals surface area contributed by atoms with Crippen LogP contribution in [0.5, 0.6) is 0 Å². The molecule has 3 rings (SSSR count). The Morgan fingerprint density at radius 1 is 1.06 bits per heavy atom. The van der Waals surface area contributed by atoms with Crippen LogP contribution in [0.4, 0.5) is 5.69 Å². The van der Waals surface area contributed by atoms with Crippen LogP contribution in [0.3, 0.4) is 0 Å². The van der Waals surface area contributed by atoms with Crippen molar-refractivity contribution in [1.29, 1.82) is 0 Å².